The molecule has 0 aliphatic carbocycles. The first-order chi connectivity index (χ1) is 16.5. The first-order valence-electron chi connectivity index (χ1n) is 10.9. The highest BCUT2D eigenvalue weighted by Gasteiger charge is 2.38. The average molecular weight is 498 g/mol. The minimum atomic E-state index is -4.90. The second-order valence-electron chi connectivity index (χ2n) is 8.01. The summed E-state index contributed by atoms with van der Waals surface area (Å²) in [5.74, 6) is -1.69. The Kier molecular flexibility index (Phi) is 7.76. The molecule has 0 fully saturated rings. The van der Waals surface area contributed by atoms with Gasteiger partial charge >= 0.3 is 12.3 Å². The van der Waals surface area contributed by atoms with Crippen molar-refractivity contribution in [3.63, 3.8) is 0 Å². The summed E-state index contributed by atoms with van der Waals surface area (Å²) in [4.78, 5) is 26.8. The van der Waals surface area contributed by atoms with Crippen molar-refractivity contribution in [1.82, 2.24) is 5.32 Å². The molecule has 1 aliphatic rings. The van der Waals surface area contributed by atoms with Crippen molar-refractivity contribution in [3.05, 3.63) is 52.8 Å². The third-order valence-corrected chi connectivity index (χ3v) is 5.80. The molecule has 0 saturated heterocycles. The van der Waals surface area contributed by atoms with Gasteiger partial charge in [-0.25, -0.2) is 9.18 Å². The molecule has 2 amide bonds. The van der Waals surface area contributed by atoms with Gasteiger partial charge in [-0.05, 0) is 50.1 Å². The molecule has 2 aromatic carbocycles. The van der Waals surface area contributed by atoms with Gasteiger partial charge in [-0.3, -0.25) is 9.69 Å². The van der Waals surface area contributed by atoms with Crippen molar-refractivity contribution in [2.45, 2.75) is 38.4 Å². The average Bonchev–Trinajstić information content (AvgIpc) is 2.80. The van der Waals surface area contributed by atoms with Crippen LogP contribution in [0.15, 0.2) is 30.3 Å². The van der Waals surface area contributed by atoms with Crippen LogP contribution in [0.5, 0.6) is 11.5 Å². The van der Waals surface area contributed by atoms with Gasteiger partial charge in [0, 0.05) is 24.6 Å². The first-order valence-corrected chi connectivity index (χ1v) is 10.9. The lowest BCUT2D eigenvalue weighted by atomic mass is 9.85. The number of nitrogens with zero attached hydrogens (tertiary/aromatic N) is 1. The Labute approximate surface area is 199 Å². The number of nitrogens with one attached hydrogen (secondary N) is 1. The van der Waals surface area contributed by atoms with Crippen LogP contribution in [0.25, 0.3) is 0 Å². The lowest BCUT2D eigenvalue weighted by molar-refractivity contribution is -0.138. The summed E-state index contributed by atoms with van der Waals surface area (Å²) in [7, 11) is 2.90. The molecule has 1 heterocycles. The number of methoxy groups -OCH3 is 2. The van der Waals surface area contributed by atoms with Crippen molar-refractivity contribution in [1.29, 1.82) is 0 Å². The van der Waals surface area contributed by atoms with Crippen LogP contribution in [-0.4, -0.2) is 45.4 Å². The van der Waals surface area contributed by atoms with Gasteiger partial charge in [-0.15, -0.1) is 0 Å². The number of carbonyl (C=O) groups excluding carboxylic acids is 2. The molecule has 1 aliphatic heterocycles. The van der Waals surface area contributed by atoms with Gasteiger partial charge < -0.3 is 19.5 Å². The molecule has 2 atom stereocenters. The molecule has 1 N–H and O–H groups in total. The number of hydrogen-bond donors (Lipinski definition) is 1. The van der Waals surface area contributed by atoms with Gasteiger partial charge in [0.2, 0.25) is 0 Å². The molecule has 11 heteroatoms. The molecule has 0 bridgehead atoms. The number of ether oxygens (including phenoxy) is 3. The Hall–Kier alpha value is -3.50. The van der Waals surface area contributed by atoms with Crippen molar-refractivity contribution < 1.29 is 41.4 Å². The van der Waals surface area contributed by atoms with E-state index in [4.69, 9.17) is 14.2 Å². The predicted octanol–water partition coefficient (Wildman–Crippen LogP) is 5.13. The molecule has 3 rings (SSSR count). The maximum Gasteiger partial charge on any atom is 0.417 e. The second kappa shape index (κ2) is 10.4. The number of amides is 2. The standard InChI is InChI=1S/C24H26F4N2O5/c1-5-35-23(32)30-13(2)8-14(17-10-20(33-3)21(34-4)11-19(17)30)12-29-22(31)16-7-6-15(25)9-18(16)24(26,27)28/h6-7,9-11,13-14H,5,8,12H2,1-4H3,(H,29,31). The van der Waals surface area contributed by atoms with Crippen LogP contribution in [0, 0.1) is 5.82 Å². The summed E-state index contributed by atoms with van der Waals surface area (Å²) in [5, 5.41) is 2.53. The monoisotopic (exact) mass is 498 g/mol. The number of rotatable bonds is 6. The van der Waals surface area contributed by atoms with E-state index in [1.165, 1.54) is 19.1 Å². The van der Waals surface area contributed by atoms with E-state index < -0.39 is 35.1 Å². The molecular formula is C24H26F4N2O5. The third-order valence-electron chi connectivity index (χ3n) is 5.80. The summed E-state index contributed by atoms with van der Waals surface area (Å²) >= 11 is 0. The highest BCUT2D eigenvalue weighted by Crippen LogP contribution is 2.44. The quantitative estimate of drug-likeness (QED) is 0.559. The smallest absolute Gasteiger partial charge is 0.417 e. The van der Waals surface area contributed by atoms with Crippen LogP contribution in [0.3, 0.4) is 0 Å². The molecule has 0 saturated carbocycles. The number of alkyl halides is 3. The molecule has 0 radical (unpaired) electrons. The number of anilines is 1. The van der Waals surface area contributed by atoms with Crippen LogP contribution in [0.2, 0.25) is 0 Å². The van der Waals surface area contributed by atoms with Crippen molar-refractivity contribution >= 4 is 17.7 Å². The van der Waals surface area contributed by atoms with E-state index in [-0.39, 0.29) is 25.1 Å². The van der Waals surface area contributed by atoms with Crippen molar-refractivity contribution in [2.24, 2.45) is 0 Å². The fourth-order valence-electron chi connectivity index (χ4n) is 4.23. The maximum atomic E-state index is 13.4. The van der Waals surface area contributed by atoms with Crippen molar-refractivity contribution in [2.75, 3.05) is 32.3 Å². The second-order valence-corrected chi connectivity index (χ2v) is 8.01. The zero-order valence-electron chi connectivity index (χ0n) is 19.7. The first kappa shape index (κ1) is 26.1. The summed E-state index contributed by atoms with van der Waals surface area (Å²) in [6.07, 6.45) is -5.07. The van der Waals surface area contributed by atoms with E-state index >= 15 is 0 Å². The fourth-order valence-corrected chi connectivity index (χ4v) is 4.23. The van der Waals surface area contributed by atoms with E-state index in [9.17, 15) is 27.2 Å². The van der Waals surface area contributed by atoms with Gasteiger partial charge in [0.05, 0.1) is 37.6 Å². The van der Waals surface area contributed by atoms with Gasteiger partial charge in [0.1, 0.15) is 5.82 Å². The largest absolute Gasteiger partial charge is 0.493 e. The van der Waals surface area contributed by atoms with E-state index in [1.807, 2.05) is 0 Å². The summed E-state index contributed by atoms with van der Waals surface area (Å²) < 4.78 is 69.4. The summed E-state index contributed by atoms with van der Waals surface area (Å²) in [6, 6.07) is 4.84. The number of benzene rings is 2. The third kappa shape index (κ3) is 5.44. The lowest BCUT2D eigenvalue weighted by Gasteiger charge is -2.39. The molecule has 2 unspecified atom stereocenters. The van der Waals surface area contributed by atoms with E-state index in [0.717, 1.165) is 12.1 Å². The lowest BCUT2D eigenvalue weighted by Crippen LogP contribution is -2.45. The zero-order valence-corrected chi connectivity index (χ0v) is 19.7. The molecule has 0 spiro atoms. The Morgan fingerprint density at radius 3 is 2.37 bits per heavy atom. The Balaban J connectivity index is 1.95. The minimum absolute atomic E-state index is 0.0308. The van der Waals surface area contributed by atoms with Crippen LogP contribution in [0.1, 0.15) is 47.7 Å². The Morgan fingerprint density at radius 1 is 1.11 bits per heavy atom. The number of carbonyl (C=O) groups is 2. The number of hydrogen-bond acceptors (Lipinski definition) is 5. The van der Waals surface area contributed by atoms with E-state index in [1.54, 1.807) is 26.0 Å². The molecule has 2 aromatic rings. The predicted molar refractivity (Wildman–Crippen MR) is 120 cm³/mol. The molecule has 7 nitrogen and oxygen atoms in total. The van der Waals surface area contributed by atoms with Gasteiger partial charge in [0.15, 0.2) is 11.5 Å². The van der Waals surface area contributed by atoms with E-state index in [0.29, 0.717) is 35.2 Å². The molecular weight excluding hydrogens is 472 g/mol. The van der Waals surface area contributed by atoms with Gasteiger partial charge in [0.25, 0.3) is 5.91 Å². The fraction of sp³-hybridized carbons (Fsp3) is 0.417. The van der Waals surface area contributed by atoms with Crippen LogP contribution >= 0.6 is 0 Å². The van der Waals surface area contributed by atoms with Gasteiger partial charge in [-0.2, -0.15) is 13.2 Å². The maximum absolute atomic E-state index is 13.4. The Bertz CT molecular complexity index is 1110. The SMILES string of the molecule is CCOC(=O)N1c2cc(OC)c(OC)cc2C(CNC(=O)c2ccc(F)cc2C(F)(F)F)CC1C. The molecule has 0 aromatic heterocycles. The molecule has 190 valence electrons. The highest BCUT2D eigenvalue weighted by molar-refractivity contribution is 5.96. The van der Waals surface area contributed by atoms with Crippen LogP contribution in [-0.2, 0) is 10.9 Å². The summed E-state index contributed by atoms with van der Waals surface area (Å²) in [6.45, 7) is 3.62. The highest BCUT2D eigenvalue weighted by atomic mass is 19.4. The van der Waals surface area contributed by atoms with Crippen LogP contribution < -0.4 is 19.7 Å². The van der Waals surface area contributed by atoms with Gasteiger partial charge in [-0.1, -0.05) is 0 Å². The van der Waals surface area contributed by atoms with E-state index in [2.05, 4.69) is 5.32 Å². The Morgan fingerprint density at radius 2 is 1.77 bits per heavy atom. The molecule has 35 heavy (non-hydrogen) atoms. The normalized spacial score (nSPS) is 17.4. The van der Waals surface area contributed by atoms with Crippen LogP contribution in [0.4, 0.5) is 28.0 Å². The summed E-state index contributed by atoms with van der Waals surface area (Å²) in [5.41, 5.74) is -0.920. The number of halogens is 4. The zero-order chi connectivity index (χ0) is 25.9. The minimum Gasteiger partial charge on any atom is -0.493 e. The van der Waals surface area contributed by atoms with Crippen molar-refractivity contribution in [3.8, 4) is 11.5 Å². The number of fused-ring (bicyclic) bond motifs is 1. The topological polar surface area (TPSA) is 77.1 Å².